The highest BCUT2D eigenvalue weighted by atomic mass is 19.4. The molecule has 1 atom stereocenters. The van der Waals surface area contributed by atoms with E-state index in [1.165, 1.54) is 4.90 Å². The number of likely N-dealkylation sites (tertiary alicyclic amines) is 1. The van der Waals surface area contributed by atoms with Crippen molar-refractivity contribution in [3.63, 3.8) is 0 Å². The van der Waals surface area contributed by atoms with Gasteiger partial charge in [0.1, 0.15) is 5.60 Å². The first-order valence-corrected chi connectivity index (χ1v) is 6.84. The highest BCUT2D eigenvalue weighted by molar-refractivity contribution is 5.81. The van der Waals surface area contributed by atoms with E-state index in [0.717, 1.165) is 0 Å². The number of nitrogens with zero attached hydrogens (tertiary/aromatic N) is 1. The van der Waals surface area contributed by atoms with E-state index >= 15 is 0 Å². The van der Waals surface area contributed by atoms with Crippen LogP contribution in [0, 0.1) is 0 Å². The zero-order valence-corrected chi connectivity index (χ0v) is 12.4. The number of rotatable bonds is 1. The molecule has 0 bridgehead atoms. The SMILES string of the molecule is CC(C)(C)OC(=O)N1CCC[C@@H](NC(=O)C(F)(F)F)CC1. The quantitative estimate of drug-likeness (QED) is 0.809. The van der Waals surface area contributed by atoms with Crippen molar-refractivity contribution in [1.29, 1.82) is 0 Å². The third-order valence-corrected chi connectivity index (χ3v) is 2.97. The topological polar surface area (TPSA) is 58.6 Å². The number of halogens is 3. The summed E-state index contributed by atoms with van der Waals surface area (Å²) in [4.78, 5) is 24.3. The van der Waals surface area contributed by atoms with E-state index < -0.39 is 29.8 Å². The Labute approximate surface area is 121 Å². The third-order valence-electron chi connectivity index (χ3n) is 2.97. The van der Waals surface area contributed by atoms with E-state index in [1.807, 2.05) is 5.32 Å². The Morgan fingerprint density at radius 2 is 1.76 bits per heavy atom. The van der Waals surface area contributed by atoms with Crippen LogP contribution in [0.4, 0.5) is 18.0 Å². The second kappa shape index (κ2) is 6.53. The van der Waals surface area contributed by atoms with Crippen LogP contribution in [0.2, 0.25) is 0 Å². The largest absolute Gasteiger partial charge is 0.471 e. The molecular formula is C13H21F3N2O3. The van der Waals surface area contributed by atoms with E-state index in [0.29, 0.717) is 19.4 Å². The standard InChI is InChI=1S/C13H21F3N2O3/c1-12(2,3)21-11(20)18-7-4-5-9(6-8-18)17-10(19)13(14,15)16/h9H,4-8H2,1-3H3,(H,17,19)/t9-/m1/s1. The van der Waals surface area contributed by atoms with Crippen LogP contribution in [0.15, 0.2) is 0 Å². The van der Waals surface area contributed by atoms with Crippen molar-refractivity contribution in [3.8, 4) is 0 Å². The highest BCUT2D eigenvalue weighted by Crippen LogP contribution is 2.18. The average Bonchev–Trinajstić information content (AvgIpc) is 2.51. The zero-order chi connectivity index (χ0) is 16.3. The van der Waals surface area contributed by atoms with Crippen LogP contribution in [-0.4, -0.2) is 47.8 Å². The fourth-order valence-electron chi connectivity index (χ4n) is 2.02. The van der Waals surface area contributed by atoms with Crippen LogP contribution in [0.5, 0.6) is 0 Å². The van der Waals surface area contributed by atoms with Gasteiger partial charge in [0.25, 0.3) is 0 Å². The number of alkyl halides is 3. The van der Waals surface area contributed by atoms with Crippen molar-refractivity contribution in [2.45, 2.75) is 57.9 Å². The molecule has 1 aliphatic heterocycles. The van der Waals surface area contributed by atoms with Crippen molar-refractivity contribution in [2.24, 2.45) is 0 Å². The van der Waals surface area contributed by atoms with E-state index in [9.17, 15) is 22.8 Å². The Morgan fingerprint density at radius 1 is 1.14 bits per heavy atom. The van der Waals surface area contributed by atoms with Gasteiger partial charge < -0.3 is 15.0 Å². The molecule has 5 nitrogen and oxygen atoms in total. The predicted molar refractivity (Wildman–Crippen MR) is 69.6 cm³/mol. The average molecular weight is 310 g/mol. The van der Waals surface area contributed by atoms with Gasteiger partial charge in [-0.2, -0.15) is 13.2 Å². The number of hydrogen-bond acceptors (Lipinski definition) is 3. The lowest BCUT2D eigenvalue weighted by molar-refractivity contribution is -0.174. The smallest absolute Gasteiger partial charge is 0.444 e. The van der Waals surface area contributed by atoms with Crippen LogP contribution in [0.1, 0.15) is 40.0 Å². The van der Waals surface area contributed by atoms with Gasteiger partial charge in [-0.15, -0.1) is 0 Å². The van der Waals surface area contributed by atoms with Gasteiger partial charge in [-0.25, -0.2) is 4.79 Å². The van der Waals surface area contributed by atoms with Crippen LogP contribution in [0.25, 0.3) is 0 Å². The van der Waals surface area contributed by atoms with E-state index in [-0.39, 0.29) is 13.0 Å². The maximum absolute atomic E-state index is 12.2. The molecule has 1 aliphatic rings. The molecule has 0 radical (unpaired) electrons. The number of carbonyl (C=O) groups excluding carboxylic acids is 2. The lowest BCUT2D eigenvalue weighted by atomic mass is 10.1. The summed E-state index contributed by atoms with van der Waals surface area (Å²) in [6, 6.07) is -0.577. The van der Waals surface area contributed by atoms with Crippen molar-refractivity contribution in [3.05, 3.63) is 0 Å². The van der Waals surface area contributed by atoms with Crippen LogP contribution in [0.3, 0.4) is 0 Å². The molecule has 0 aromatic rings. The maximum Gasteiger partial charge on any atom is 0.471 e. The minimum atomic E-state index is -4.88. The fraction of sp³-hybridized carbons (Fsp3) is 0.846. The molecule has 21 heavy (non-hydrogen) atoms. The zero-order valence-electron chi connectivity index (χ0n) is 12.4. The van der Waals surface area contributed by atoms with Crippen LogP contribution < -0.4 is 5.32 Å². The molecule has 0 saturated carbocycles. The molecule has 1 saturated heterocycles. The molecule has 0 spiro atoms. The summed E-state index contributed by atoms with van der Waals surface area (Å²) < 4.78 is 41.8. The number of amides is 2. The first-order chi connectivity index (χ1) is 9.49. The van der Waals surface area contributed by atoms with Gasteiger partial charge in [-0.1, -0.05) is 0 Å². The van der Waals surface area contributed by atoms with Gasteiger partial charge in [-0.3, -0.25) is 4.79 Å². The molecule has 8 heteroatoms. The molecular weight excluding hydrogens is 289 g/mol. The Hall–Kier alpha value is -1.47. The third kappa shape index (κ3) is 6.22. The first kappa shape index (κ1) is 17.6. The van der Waals surface area contributed by atoms with E-state index in [1.54, 1.807) is 20.8 Å². The Balaban J connectivity index is 2.51. The molecule has 1 fully saturated rings. The summed E-state index contributed by atoms with van der Waals surface area (Å²) in [6.45, 7) is 5.91. The van der Waals surface area contributed by atoms with E-state index in [2.05, 4.69) is 0 Å². The minimum absolute atomic E-state index is 0.262. The summed E-state index contributed by atoms with van der Waals surface area (Å²) in [6.07, 6.45) is -4.16. The molecule has 0 unspecified atom stereocenters. The first-order valence-electron chi connectivity index (χ1n) is 6.84. The second-order valence-electron chi connectivity index (χ2n) is 6.07. The van der Waals surface area contributed by atoms with Gasteiger partial charge in [-0.05, 0) is 40.0 Å². The Kier molecular flexibility index (Phi) is 5.47. The normalized spacial score (nSPS) is 20.7. The summed E-state index contributed by atoms with van der Waals surface area (Å²) >= 11 is 0. The molecule has 2 amide bonds. The van der Waals surface area contributed by atoms with Gasteiger partial charge in [0, 0.05) is 19.1 Å². The summed E-state index contributed by atoms with van der Waals surface area (Å²) in [5.74, 6) is -1.93. The number of carbonyl (C=O) groups is 2. The number of ether oxygens (including phenoxy) is 1. The van der Waals surface area contributed by atoms with Crippen molar-refractivity contribution in [1.82, 2.24) is 10.2 Å². The van der Waals surface area contributed by atoms with Gasteiger partial charge >= 0.3 is 18.2 Å². The lowest BCUT2D eigenvalue weighted by Crippen LogP contribution is -2.43. The van der Waals surface area contributed by atoms with Crippen molar-refractivity contribution < 1.29 is 27.5 Å². The van der Waals surface area contributed by atoms with Crippen molar-refractivity contribution >= 4 is 12.0 Å². The summed E-state index contributed by atoms with van der Waals surface area (Å²) in [5.41, 5.74) is -0.618. The highest BCUT2D eigenvalue weighted by Gasteiger charge is 2.40. The molecule has 0 aromatic heterocycles. The fourth-order valence-corrected chi connectivity index (χ4v) is 2.02. The minimum Gasteiger partial charge on any atom is -0.444 e. The van der Waals surface area contributed by atoms with Crippen molar-refractivity contribution in [2.75, 3.05) is 13.1 Å². The molecule has 122 valence electrons. The van der Waals surface area contributed by atoms with Crippen LogP contribution >= 0.6 is 0 Å². The molecule has 0 aromatic carbocycles. The number of nitrogens with one attached hydrogen (secondary N) is 1. The monoisotopic (exact) mass is 310 g/mol. The Morgan fingerprint density at radius 3 is 2.29 bits per heavy atom. The van der Waals surface area contributed by atoms with Gasteiger partial charge in [0.2, 0.25) is 0 Å². The predicted octanol–water partition coefficient (Wildman–Crippen LogP) is 2.45. The molecule has 1 heterocycles. The summed E-state index contributed by atoms with van der Waals surface area (Å²) in [7, 11) is 0. The molecule has 1 rings (SSSR count). The van der Waals surface area contributed by atoms with Crippen LogP contribution in [-0.2, 0) is 9.53 Å². The van der Waals surface area contributed by atoms with Gasteiger partial charge in [0.15, 0.2) is 0 Å². The Bertz CT molecular complexity index is 391. The molecule has 0 aliphatic carbocycles. The second-order valence-corrected chi connectivity index (χ2v) is 6.07. The maximum atomic E-state index is 12.2. The van der Waals surface area contributed by atoms with Gasteiger partial charge in [0.05, 0.1) is 0 Å². The lowest BCUT2D eigenvalue weighted by Gasteiger charge is -2.26. The van der Waals surface area contributed by atoms with E-state index in [4.69, 9.17) is 4.74 Å². The number of hydrogen-bond donors (Lipinski definition) is 1. The molecule has 1 N–H and O–H groups in total. The summed E-state index contributed by atoms with van der Waals surface area (Å²) in [5, 5.41) is 1.96.